The van der Waals surface area contributed by atoms with Crippen LogP contribution in [0.25, 0.3) is 22.3 Å². The zero-order valence-corrected chi connectivity index (χ0v) is 22.9. The summed E-state index contributed by atoms with van der Waals surface area (Å²) < 4.78 is 28.9. The number of phenolic OH excluding ortho intramolecular Hbond substituents is 2. The van der Waals surface area contributed by atoms with Gasteiger partial charge in [-0.1, -0.05) is 6.92 Å². The number of hydrogen-bond donors (Lipinski definition) is 3. The molecule has 11 heteroatoms. The van der Waals surface area contributed by atoms with Crippen LogP contribution in [-0.4, -0.2) is 57.8 Å². The van der Waals surface area contributed by atoms with E-state index >= 15 is 0 Å². The second-order valence-corrected chi connectivity index (χ2v) is 10.6. The van der Waals surface area contributed by atoms with Crippen molar-refractivity contribution in [2.45, 2.75) is 77.0 Å². The van der Waals surface area contributed by atoms with Gasteiger partial charge in [0.25, 0.3) is 0 Å². The summed E-state index contributed by atoms with van der Waals surface area (Å²) in [7, 11) is 0. The Balaban J connectivity index is 1.58. The van der Waals surface area contributed by atoms with Gasteiger partial charge in [-0.05, 0) is 55.9 Å². The van der Waals surface area contributed by atoms with Crippen molar-refractivity contribution in [2.75, 3.05) is 0 Å². The number of rotatable bonds is 7. The van der Waals surface area contributed by atoms with Crippen LogP contribution < -0.4 is 14.9 Å². The van der Waals surface area contributed by atoms with Crippen molar-refractivity contribution in [1.29, 1.82) is 0 Å². The van der Waals surface area contributed by atoms with Crippen LogP contribution in [0, 0.1) is 5.92 Å². The fourth-order valence-corrected chi connectivity index (χ4v) is 5.29. The molecule has 2 fully saturated rings. The topological polar surface area (TPSA) is 162 Å². The summed E-state index contributed by atoms with van der Waals surface area (Å²) in [6.45, 7) is 4.11. The van der Waals surface area contributed by atoms with Crippen LogP contribution in [0.5, 0.6) is 23.0 Å². The first kappa shape index (κ1) is 28.3. The average Bonchev–Trinajstić information content (AvgIpc) is 2.87. The molecule has 2 saturated carbocycles. The summed E-state index contributed by atoms with van der Waals surface area (Å²) in [4.78, 5) is 37.4. The lowest BCUT2D eigenvalue weighted by atomic mass is 9.81. The molecule has 0 unspecified atom stereocenters. The average molecular weight is 569 g/mol. The molecule has 0 radical (unpaired) electrons. The molecule has 0 aliphatic heterocycles. The number of aliphatic hydroxyl groups is 1. The molecule has 218 valence electrons. The number of phenols is 2. The van der Waals surface area contributed by atoms with Crippen LogP contribution in [0.3, 0.4) is 0 Å². The zero-order valence-electron chi connectivity index (χ0n) is 22.9. The van der Waals surface area contributed by atoms with Gasteiger partial charge in [-0.25, -0.2) is 0 Å². The third kappa shape index (κ3) is 5.81. The van der Waals surface area contributed by atoms with Crippen LogP contribution in [0.15, 0.2) is 45.6 Å². The summed E-state index contributed by atoms with van der Waals surface area (Å²) in [6, 6.07) is 9.06. The van der Waals surface area contributed by atoms with Crippen LogP contribution >= 0.6 is 0 Å². The first-order valence-corrected chi connectivity index (χ1v) is 13.5. The second-order valence-electron chi connectivity index (χ2n) is 10.6. The highest BCUT2D eigenvalue weighted by Crippen LogP contribution is 2.39. The Hall–Kier alpha value is -4.25. The largest absolute Gasteiger partial charge is 0.508 e. The number of hydrogen-bond acceptors (Lipinski definition) is 11. The third-order valence-electron chi connectivity index (χ3n) is 7.47. The monoisotopic (exact) mass is 568 g/mol. The van der Waals surface area contributed by atoms with Gasteiger partial charge in [0.15, 0.2) is 11.9 Å². The molecule has 3 N–H and O–H groups in total. The number of benzene rings is 2. The summed E-state index contributed by atoms with van der Waals surface area (Å²) in [5, 5.41) is 31.4. The lowest BCUT2D eigenvalue weighted by Gasteiger charge is -2.42. The lowest BCUT2D eigenvalue weighted by Crippen LogP contribution is -2.57. The van der Waals surface area contributed by atoms with E-state index in [9.17, 15) is 29.7 Å². The number of carbonyl (C=O) groups excluding carboxylic acids is 2. The van der Waals surface area contributed by atoms with Gasteiger partial charge in [0.05, 0.1) is 6.10 Å². The van der Waals surface area contributed by atoms with E-state index in [0.717, 1.165) is 32.3 Å². The molecule has 41 heavy (non-hydrogen) atoms. The molecule has 11 nitrogen and oxygen atoms in total. The van der Waals surface area contributed by atoms with E-state index < -0.39 is 53.5 Å². The highest BCUT2D eigenvalue weighted by atomic mass is 16.6. The highest BCUT2D eigenvalue weighted by molar-refractivity contribution is 5.88. The van der Waals surface area contributed by atoms with Crippen LogP contribution in [0.4, 0.5) is 0 Å². The molecular formula is C30H32O11. The number of aromatic hydroxyl groups is 2. The normalized spacial score (nSPS) is 24.3. The summed E-state index contributed by atoms with van der Waals surface area (Å²) in [5.74, 6) is -2.23. The smallest absolute Gasteiger partial charge is 0.303 e. The van der Waals surface area contributed by atoms with E-state index in [-0.39, 0.29) is 40.8 Å². The molecule has 2 aliphatic rings. The minimum Gasteiger partial charge on any atom is -0.508 e. The summed E-state index contributed by atoms with van der Waals surface area (Å²) in [6.07, 6.45) is -1.36. The molecule has 1 heterocycles. The van der Waals surface area contributed by atoms with Gasteiger partial charge in [0.2, 0.25) is 11.2 Å². The van der Waals surface area contributed by atoms with E-state index in [0.29, 0.717) is 11.3 Å². The van der Waals surface area contributed by atoms with Crippen molar-refractivity contribution in [1.82, 2.24) is 0 Å². The van der Waals surface area contributed by atoms with E-state index in [1.807, 2.05) is 0 Å². The highest BCUT2D eigenvalue weighted by Gasteiger charge is 2.48. The number of ether oxygens (including phenoxy) is 4. The third-order valence-corrected chi connectivity index (χ3v) is 7.47. The number of carbonyl (C=O) groups is 2. The molecule has 0 saturated heterocycles. The van der Waals surface area contributed by atoms with Crippen LogP contribution in [0.2, 0.25) is 0 Å². The van der Waals surface area contributed by atoms with Gasteiger partial charge < -0.3 is 38.7 Å². The minimum atomic E-state index is -1.44. The fourth-order valence-electron chi connectivity index (χ4n) is 5.29. The SMILES string of the molecule is CC(=O)O[C@H]1[C@@H](O)[C@H](OC(C)=O)[C@@H](C)C[C@@H]1Oc1c(-c2ccc(OC3CCC3)cc2)oc2cc(O)cc(O)c2c1=O. The first-order valence-electron chi connectivity index (χ1n) is 13.5. The number of aliphatic hydroxyl groups excluding tert-OH is 1. The maximum atomic E-state index is 13.8. The van der Waals surface area contributed by atoms with E-state index in [1.165, 1.54) is 13.0 Å². The Morgan fingerprint density at radius 2 is 1.61 bits per heavy atom. The number of esters is 2. The maximum Gasteiger partial charge on any atom is 0.303 e. The molecule has 2 aromatic carbocycles. The van der Waals surface area contributed by atoms with Crippen molar-refractivity contribution in [3.8, 4) is 34.3 Å². The van der Waals surface area contributed by atoms with E-state index in [2.05, 4.69) is 0 Å². The van der Waals surface area contributed by atoms with Crippen molar-refractivity contribution in [3.05, 3.63) is 46.6 Å². The first-order chi connectivity index (χ1) is 19.5. The molecule has 1 aromatic heterocycles. The quantitative estimate of drug-likeness (QED) is 0.355. The van der Waals surface area contributed by atoms with Gasteiger partial charge in [-0.3, -0.25) is 14.4 Å². The molecule has 0 amide bonds. The molecule has 2 aliphatic carbocycles. The van der Waals surface area contributed by atoms with Crippen molar-refractivity contribution in [3.63, 3.8) is 0 Å². The Morgan fingerprint density at radius 1 is 0.951 bits per heavy atom. The van der Waals surface area contributed by atoms with E-state index in [1.54, 1.807) is 31.2 Å². The predicted molar refractivity (Wildman–Crippen MR) is 145 cm³/mol. The molecule has 0 spiro atoms. The van der Waals surface area contributed by atoms with Gasteiger partial charge in [-0.2, -0.15) is 0 Å². The predicted octanol–water partition coefficient (Wildman–Crippen LogP) is 3.81. The van der Waals surface area contributed by atoms with E-state index in [4.69, 9.17) is 23.4 Å². The lowest BCUT2D eigenvalue weighted by molar-refractivity contribution is -0.196. The van der Waals surface area contributed by atoms with Crippen LogP contribution in [-0.2, 0) is 19.1 Å². The van der Waals surface area contributed by atoms with Crippen LogP contribution in [0.1, 0.15) is 46.5 Å². The van der Waals surface area contributed by atoms with Crippen molar-refractivity contribution < 1.29 is 48.3 Å². The molecular weight excluding hydrogens is 536 g/mol. The standard InChI is InChI=1S/C30H32O11/c1-14-11-23(29(38-16(3)32)26(36)27(14)37-15(2)31)41-30-25(35)24-21(34)12-18(33)13-22(24)40-28(30)17-7-9-20(10-8-17)39-19-5-4-6-19/h7-10,12-14,19,23,26-27,29,33-34,36H,4-6,11H2,1-3H3/t14-,23-,26-,27+,29+/m0/s1. The molecule has 3 aromatic rings. The maximum absolute atomic E-state index is 13.8. The Labute approximate surface area is 235 Å². The summed E-state index contributed by atoms with van der Waals surface area (Å²) in [5.41, 5.74) is -0.374. The Morgan fingerprint density at radius 3 is 2.22 bits per heavy atom. The van der Waals surface area contributed by atoms with Gasteiger partial charge >= 0.3 is 11.9 Å². The second kappa shape index (κ2) is 11.3. The van der Waals surface area contributed by atoms with Crippen molar-refractivity contribution >= 4 is 22.9 Å². The van der Waals surface area contributed by atoms with Gasteiger partial charge in [0.1, 0.15) is 46.5 Å². The van der Waals surface area contributed by atoms with Crippen molar-refractivity contribution in [2.24, 2.45) is 5.92 Å². The minimum absolute atomic E-state index is 0.00600. The molecule has 5 atom stereocenters. The molecule has 0 bridgehead atoms. The van der Waals surface area contributed by atoms with Gasteiger partial charge in [0, 0.05) is 31.5 Å². The zero-order chi connectivity index (χ0) is 29.4. The Bertz CT molecular complexity index is 1510. The van der Waals surface area contributed by atoms with Gasteiger partial charge in [-0.15, -0.1) is 0 Å². The Kier molecular flexibility index (Phi) is 7.81. The molecule has 5 rings (SSSR count). The fraction of sp³-hybridized carbons (Fsp3) is 0.433. The summed E-state index contributed by atoms with van der Waals surface area (Å²) >= 11 is 0. The number of fused-ring (bicyclic) bond motifs is 1.